The molecule has 0 unspecified atom stereocenters. The molecule has 2 aromatic rings. The summed E-state index contributed by atoms with van der Waals surface area (Å²) in [7, 11) is 1.70. The van der Waals surface area contributed by atoms with Crippen LogP contribution >= 0.6 is 11.6 Å². The molecule has 6 nitrogen and oxygen atoms in total. The van der Waals surface area contributed by atoms with Crippen molar-refractivity contribution in [2.75, 3.05) is 5.32 Å². The van der Waals surface area contributed by atoms with Gasteiger partial charge >= 0.3 is 5.97 Å². The number of carboxylic acid groups (broad SMARTS) is 1. The van der Waals surface area contributed by atoms with E-state index in [9.17, 15) is 9.59 Å². The van der Waals surface area contributed by atoms with Crippen LogP contribution in [0.25, 0.3) is 0 Å². The topological polar surface area (TPSA) is 84.2 Å². The van der Waals surface area contributed by atoms with Gasteiger partial charge < -0.3 is 10.4 Å². The van der Waals surface area contributed by atoms with Gasteiger partial charge in [0.25, 0.3) is 5.91 Å². The maximum absolute atomic E-state index is 12.2. The number of benzene rings is 1. The van der Waals surface area contributed by atoms with Crippen LogP contribution in [0.15, 0.2) is 24.4 Å². The normalized spacial score (nSPS) is 10.3. The Morgan fingerprint density at radius 2 is 2.05 bits per heavy atom. The highest BCUT2D eigenvalue weighted by Crippen LogP contribution is 2.26. The van der Waals surface area contributed by atoms with Crippen LogP contribution in [-0.2, 0) is 7.05 Å². The molecule has 0 saturated heterocycles. The summed E-state index contributed by atoms with van der Waals surface area (Å²) in [5.41, 5.74) is 0.931. The number of carbonyl (C=O) groups excluding carboxylic acids is 1. The van der Waals surface area contributed by atoms with Gasteiger partial charge in [-0.1, -0.05) is 17.7 Å². The summed E-state index contributed by atoms with van der Waals surface area (Å²) in [6.45, 7) is 1.69. The number of carbonyl (C=O) groups is 2. The van der Waals surface area contributed by atoms with E-state index >= 15 is 0 Å². The largest absolute Gasteiger partial charge is 0.478 e. The van der Waals surface area contributed by atoms with Gasteiger partial charge in [-0.3, -0.25) is 9.48 Å². The SMILES string of the molecule is Cc1nn(C)cc1C(=O)Nc1c(Cl)cccc1C(=O)O. The second kappa shape index (κ2) is 5.34. The van der Waals surface area contributed by atoms with E-state index in [4.69, 9.17) is 16.7 Å². The van der Waals surface area contributed by atoms with Gasteiger partial charge in [-0.15, -0.1) is 0 Å². The minimum atomic E-state index is -1.16. The molecule has 7 heteroatoms. The lowest BCUT2D eigenvalue weighted by atomic mass is 10.1. The molecule has 0 bridgehead atoms. The number of aromatic nitrogens is 2. The van der Waals surface area contributed by atoms with Gasteiger partial charge in [-0.25, -0.2) is 4.79 Å². The van der Waals surface area contributed by atoms with Crippen LogP contribution in [0.4, 0.5) is 5.69 Å². The Labute approximate surface area is 120 Å². The molecule has 0 radical (unpaired) electrons. The van der Waals surface area contributed by atoms with E-state index in [1.807, 2.05) is 0 Å². The van der Waals surface area contributed by atoms with Crippen molar-refractivity contribution in [3.8, 4) is 0 Å². The lowest BCUT2D eigenvalue weighted by Crippen LogP contribution is -2.15. The number of para-hydroxylation sites is 1. The first-order chi connectivity index (χ1) is 9.40. The van der Waals surface area contributed by atoms with Gasteiger partial charge in [0, 0.05) is 13.2 Å². The van der Waals surface area contributed by atoms with Gasteiger partial charge in [0.15, 0.2) is 0 Å². The number of hydrogen-bond acceptors (Lipinski definition) is 3. The number of nitrogens with one attached hydrogen (secondary N) is 1. The first-order valence-corrected chi connectivity index (χ1v) is 6.11. The number of carboxylic acids is 1. The molecule has 1 amide bonds. The average molecular weight is 294 g/mol. The molecule has 0 atom stereocenters. The molecule has 0 saturated carbocycles. The molecule has 0 spiro atoms. The van der Waals surface area contributed by atoms with Crippen LogP contribution in [0.3, 0.4) is 0 Å². The third-order valence-electron chi connectivity index (χ3n) is 2.74. The molecule has 0 fully saturated rings. The summed E-state index contributed by atoms with van der Waals surface area (Å²) in [6.07, 6.45) is 1.56. The summed E-state index contributed by atoms with van der Waals surface area (Å²) in [5, 5.41) is 15.9. The Morgan fingerprint density at radius 3 is 2.60 bits per heavy atom. The van der Waals surface area contributed by atoms with Crippen molar-refractivity contribution in [2.24, 2.45) is 7.05 Å². The van der Waals surface area contributed by atoms with Gasteiger partial charge in [0.1, 0.15) is 0 Å². The lowest BCUT2D eigenvalue weighted by molar-refractivity contribution is 0.0698. The van der Waals surface area contributed by atoms with Crippen LogP contribution in [0.2, 0.25) is 5.02 Å². The van der Waals surface area contributed by atoms with Crippen molar-refractivity contribution < 1.29 is 14.7 Å². The third kappa shape index (κ3) is 2.65. The molecular formula is C13H12ClN3O3. The third-order valence-corrected chi connectivity index (χ3v) is 3.06. The number of aryl methyl sites for hydroxylation is 2. The second-order valence-electron chi connectivity index (χ2n) is 4.22. The van der Waals surface area contributed by atoms with Gasteiger partial charge in [0.2, 0.25) is 0 Å². The highest BCUT2D eigenvalue weighted by Gasteiger charge is 2.18. The van der Waals surface area contributed by atoms with Gasteiger partial charge in [-0.05, 0) is 19.1 Å². The Bertz CT molecular complexity index is 694. The Hall–Kier alpha value is -2.34. The van der Waals surface area contributed by atoms with Crippen molar-refractivity contribution in [2.45, 2.75) is 6.92 Å². The lowest BCUT2D eigenvalue weighted by Gasteiger charge is -2.09. The fourth-order valence-corrected chi connectivity index (χ4v) is 2.05. The summed E-state index contributed by atoms with van der Waals surface area (Å²) in [4.78, 5) is 23.3. The van der Waals surface area contributed by atoms with Crippen LogP contribution in [0.1, 0.15) is 26.4 Å². The average Bonchev–Trinajstić information content (AvgIpc) is 2.70. The molecule has 0 aliphatic rings. The van der Waals surface area contributed by atoms with Crippen LogP contribution in [-0.4, -0.2) is 26.8 Å². The van der Waals surface area contributed by atoms with Crippen molar-refractivity contribution in [3.63, 3.8) is 0 Å². The Kier molecular flexibility index (Phi) is 3.76. The number of aromatic carboxylic acids is 1. The molecule has 0 aliphatic carbocycles. The second-order valence-corrected chi connectivity index (χ2v) is 4.63. The molecule has 0 aliphatic heterocycles. The van der Waals surface area contributed by atoms with Crippen LogP contribution in [0.5, 0.6) is 0 Å². The summed E-state index contributed by atoms with van der Waals surface area (Å²) in [5.74, 6) is -1.61. The van der Waals surface area contributed by atoms with Gasteiger partial charge in [0.05, 0.1) is 27.5 Å². The van der Waals surface area contributed by atoms with E-state index in [-0.39, 0.29) is 16.3 Å². The first-order valence-electron chi connectivity index (χ1n) is 5.73. The zero-order valence-electron chi connectivity index (χ0n) is 10.8. The summed E-state index contributed by atoms with van der Waals surface area (Å²) >= 11 is 5.95. The number of amides is 1. The van der Waals surface area contributed by atoms with E-state index in [0.29, 0.717) is 11.3 Å². The van der Waals surface area contributed by atoms with Crippen molar-refractivity contribution in [1.29, 1.82) is 0 Å². The van der Waals surface area contributed by atoms with E-state index in [2.05, 4.69) is 10.4 Å². The zero-order valence-corrected chi connectivity index (χ0v) is 11.6. The van der Waals surface area contributed by atoms with E-state index in [1.54, 1.807) is 20.2 Å². The minimum Gasteiger partial charge on any atom is -0.478 e. The standard InChI is InChI=1S/C13H12ClN3O3/c1-7-9(6-17(2)16-7)12(18)15-11-8(13(19)20)4-3-5-10(11)14/h3-6H,1-2H3,(H,15,18)(H,19,20). The quantitative estimate of drug-likeness (QED) is 0.909. The molecule has 1 heterocycles. The monoisotopic (exact) mass is 293 g/mol. The molecule has 1 aromatic carbocycles. The fraction of sp³-hybridized carbons (Fsp3) is 0.154. The smallest absolute Gasteiger partial charge is 0.337 e. The molecular weight excluding hydrogens is 282 g/mol. The number of hydrogen-bond donors (Lipinski definition) is 2. The maximum atomic E-state index is 12.2. The first kappa shape index (κ1) is 14.1. The summed E-state index contributed by atoms with van der Waals surface area (Å²) in [6, 6.07) is 4.40. The molecule has 2 rings (SSSR count). The number of nitrogens with zero attached hydrogens (tertiary/aromatic N) is 2. The Morgan fingerprint density at radius 1 is 1.35 bits per heavy atom. The maximum Gasteiger partial charge on any atom is 0.337 e. The van der Waals surface area contributed by atoms with E-state index in [1.165, 1.54) is 22.9 Å². The number of rotatable bonds is 3. The molecule has 1 aromatic heterocycles. The van der Waals surface area contributed by atoms with E-state index in [0.717, 1.165) is 0 Å². The summed E-state index contributed by atoms with van der Waals surface area (Å²) < 4.78 is 1.51. The van der Waals surface area contributed by atoms with Gasteiger partial charge in [-0.2, -0.15) is 5.10 Å². The zero-order chi connectivity index (χ0) is 14.9. The van der Waals surface area contributed by atoms with Crippen LogP contribution in [0, 0.1) is 6.92 Å². The van der Waals surface area contributed by atoms with Crippen molar-refractivity contribution >= 4 is 29.2 Å². The molecule has 104 valence electrons. The Balaban J connectivity index is 2.37. The minimum absolute atomic E-state index is 0.0626. The highest BCUT2D eigenvalue weighted by atomic mass is 35.5. The van der Waals surface area contributed by atoms with E-state index < -0.39 is 11.9 Å². The van der Waals surface area contributed by atoms with Crippen molar-refractivity contribution in [3.05, 3.63) is 46.2 Å². The predicted octanol–water partition coefficient (Wildman–Crippen LogP) is 2.33. The molecule has 2 N–H and O–H groups in total. The highest BCUT2D eigenvalue weighted by molar-refractivity contribution is 6.34. The number of halogens is 1. The van der Waals surface area contributed by atoms with Crippen molar-refractivity contribution in [1.82, 2.24) is 9.78 Å². The fourth-order valence-electron chi connectivity index (χ4n) is 1.83. The van der Waals surface area contributed by atoms with Crippen LogP contribution < -0.4 is 5.32 Å². The molecule has 20 heavy (non-hydrogen) atoms. The number of anilines is 1. The predicted molar refractivity (Wildman–Crippen MR) is 74.3 cm³/mol.